The number of hydrogen-bond acceptors (Lipinski definition) is 4. The van der Waals surface area contributed by atoms with E-state index in [0.717, 1.165) is 38.9 Å². The van der Waals surface area contributed by atoms with Gasteiger partial charge >= 0.3 is 11.9 Å². The maximum absolute atomic E-state index is 11.5. The average molecular weight is 451 g/mol. The highest BCUT2D eigenvalue weighted by Crippen LogP contribution is 2.39. The summed E-state index contributed by atoms with van der Waals surface area (Å²) in [6.07, 6.45) is 0. The van der Waals surface area contributed by atoms with E-state index in [1.807, 2.05) is 52.0 Å². The standard InChI is InChI=1S/C27H27ClO4/c1-15-11-22(12-16(2)26(15)31-19(5)29)25(21-7-9-24(28)10-8-21)23-13-17(3)27(18(4)14-23)32-20(6)30/h7-14,25H,1-6H3. The van der Waals surface area contributed by atoms with E-state index in [1.165, 1.54) is 13.8 Å². The second kappa shape index (κ2) is 9.58. The number of esters is 2. The highest BCUT2D eigenvalue weighted by molar-refractivity contribution is 6.30. The van der Waals surface area contributed by atoms with E-state index in [2.05, 4.69) is 24.3 Å². The molecule has 0 bridgehead atoms. The van der Waals surface area contributed by atoms with Gasteiger partial charge in [0.1, 0.15) is 11.5 Å². The lowest BCUT2D eigenvalue weighted by atomic mass is 9.82. The molecule has 3 rings (SSSR count). The van der Waals surface area contributed by atoms with Crippen molar-refractivity contribution in [3.05, 3.63) is 92.5 Å². The van der Waals surface area contributed by atoms with Crippen LogP contribution < -0.4 is 9.47 Å². The van der Waals surface area contributed by atoms with Crippen LogP contribution in [-0.2, 0) is 9.59 Å². The average Bonchev–Trinajstić information content (AvgIpc) is 2.69. The fourth-order valence-corrected chi connectivity index (χ4v) is 4.27. The summed E-state index contributed by atoms with van der Waals surface area (Å²) >= 11 is 6.15. The molecule has 0 saturated carbocycles. The van der Waals surface area contributed by atoms with Gasteiger partial charge in [0.05, 0.1) is 0 Å². The van der Waals surface area contributed by atoms with Gasteiger partial charge in [0, 0.05) is 24.8 Å². The van der Waals surface area contributed by atoms with Gasteiger partial charge in [0.25, 0.3) is 0 Å². The monoisotopic (exact) mass is 450 g/mol. The second-order valence-corrected chi connectivity index (χ2v) is 8.58. The van der Waals surface area contributed by atoms with E-state index in [0.29, 0.717) is 16.5 Å². The SMILES string of the molecule is CC(=O)Oc1c(C)cc(C(c2ccc(Cl)cc2)c2cc(C)c(OC(C)=O)c(C)c2)cc1C. The Hall–Kier alpha value is -3.11. The van der Waals surface area contributed by atoms with E-state index in [1.54, 1.807) is 0 Å². The molecule has 3 aromatic rings. The minimum absolute atomic E-state index is 0.0835. The summed E-state index contributed by atoms with van der Waals surface area (Å²) in [6, 6.07) is 16.0. The van der Waals surface area contributed by atoms with Gasteiger partial charge in [0.2, 0.25) is 0 Å². The molecule has 4 nitrogen and oxygen atoms in total. The Morgan fingerprint density at radius 3 is 1.31 bits per heavy atom. The van der Waals surface area contributed by atoms with Gasteiger partial charge in [-0.3, -0.25) is 9.59 Å². The maximum Gasteiger partial charge on any atom is 0.308 e. The summed E-state index contributed by atoms with van der Waals surface area (Å²) in [4.78, 5) is 23.0. The maximum atomic E-state index is 11.5. The number of carbonyl (C=O) groups is 2. The molecule has 0 aromatic heterocycles. The lowest BCUT2D eigenvalue weighted by molar-refractivity contribution is -0.132. The van der Waals surface area contributed by atoms with Crippen LogP contribution in [0.3, 0.4) is 0 Å². The third-order valence-electron chi connectivity index (χ3n) is 5.33. The van der Waals surface area contributed by atoms with Crippen molar-refractivity contribution in [2.45, 2.75) is 47.5 Å². The predicted molar refractivity (Wildman–Crippen MR) is 127 cm³/mol. The highest BCUT2D eigenvalue weighted by atomic mass is 35.5. The number of hydrogen-bond donors (Lipinski definition) is 0. The largest absolute Gasteiger partial charge is 0.426 e. The first-order chi connectivity index (χ1) is 15.1. The molecule has 0 aliphatic carbocycles. The van der Waals surface area contributed by atoms with Crippen molar-refractivity contribution in [1.29, 1.82) is 0 Å². The number of rotatable bonds is 5. The number of benzene rings is 3. The zero-order valence-corrected chi connectivity index (χ0v) is 20.0. The van der Waals surface area contributed by atoms with Crippen LogP contribution in [0, 0.1) is 27.7 Å². The van der Waals surface area contributed by atoms with Crippen molar-refractivity contribution in [1.82, 2.24) is 0 Å². The molecule has 0 spiro atoms. The quantitative estimate of drug-likeness (QED) is 0.249. The molecule has 5 heteroatoms. The molecule has 0 heterocycles. The molecule has 0 atom stereocenters. The predicted octanol–water partition coefficient (Wildman–Crippen LogP) is 6.60. The number of ether oxygens (including phenoxy) is 2. The summed E-state index contributed by atoms with van der Waals surface area (Å²) in [6.45, 7) is 10.6. The molecule has 0 unspecified atom stereocenters. The van der Waals surface area contributed by atoms with Crippen molar-refractivity contribution in [2.75, 3.05) is 0 Å². The highest BCUT2D eigenvalue weighted by Gasteiger charge is 2.22. The van der Waals surface area contributed by atoms with Crippen LogP contribution in [0.5, 0.6) is 11.5 Å². The van der Waals surface area contributed by atoms with Gasteiger partial charge in [-0.2, -0.15) is 0 Å². The summed E-state index contributed by atoms with van der Waals surface area (Å²) in [7, 11) is 0. The molecule has 0 fully saturated rings. The van der Waals surface area contributed by atoms with Crippen LogP contribution in [-0.4, -0.2) is 11.9 Å². The van der Waals surface area contributed by atoms with Crippen LogP contribution in [0.4, 0.5) is 0 Å². The first kappa shape index (κ1) is 23.6. The number of carbonyl (C=O) groups excluding carboxylic acids is 2. The van der Waals surface area contributed by atoms with Gasteiger partial charge in [-0.25, -0.2) is 0 Å². The molecule has 166 valence electrons. The Bertz CT molecular complexity index is 1060. The van der Waals surface area contributed by atoms with E-state index >= 15 is 0 Å². The number of aryl methyl sites for hydroxylation is 4. The molecular weight excluding hydrogens is 424 g/mol. The second-order valence-electron chi connectivity index (χ2n) is 8.14. The lowest BCUT2D eigenvalue weighted by Crippen LogP contribution is -2.10. The lowest BCUT2D eigenvalue weighted by Gasteiger charge is -2.23. The molecular formula is C27H27ClO4. The Labute approximate surface area is 194 Å². The smallest absolute Gasteiger partial charge is 0.308 e. The van der Waals surface area contributed by atoms with Crippen LogP contribution in [0.2, 0.25) is 5.02 Å². The molecule has 3 aromatic carbocycles. The van der Waals surface area contributed by atoms with Gasteiger partial charge < -0.3 is 9.47 Å². The van der Waals surface area contributed by atoms with Crippen LogP contribution >= 0.6 is 11.6 Å². The zero-order valence-electron chi connectivity index (χ0n) is 19.2. The zero-order chi connectivity index (χ0) is 23.6. The van der Waals surface area contributed by atoms with Crippen molar-refractivity contribution in [3.63, 3.8) is 0 Å². The van der Waals surface area contributed by atoms with E-state index in [4.69, 9.17) is 21.1 Å². The van der Waals surface area contributed by atoms with Gasteiger partial charge in [-0.1, -0.05) is 48.0 Å². The van der Waals surface area contributed by atoms with Crippen molar-refractivity contribution in [2.24, 2.45) is 0 Å². The van der Waals surface area contributed by atoms with Crippen LogP contribution in [0.25, 0.3) is 0 Å². The third-order valence-corrected chi connectivity index (χ3v) is 5.58. The van der Waals surface area contributed by atoms with Crippen molar-refractivity contribution >= 4 is 23.5 Å². The fourth-order valence-electron chi connectivity index (χ4n) is 4.14. The Balaban J connectivity index is 2.20. The molecule has 0 N–H and O–H groups in total. The Morgan fingerprint density at radius 1 is 0.656 bits per heavy atom. The molecule has 0 radical (unpaired) electrons. The summed E-state index contributed by atoms with van der Waals surface area (Å²) in [5.74, 6) is 0.415. The van der Waals surface area contributed by atoms with Gasteiger partial charge in [-0.15, -0.1) is 0 Å². The molecule has 0 amide bonds. The Kier molecular flexibility index (Phi) is 7.05. The van der Waals surface area contributed by atoms with Crippen molar-refractivity contribution in [3.8, 4) is 11.5 Å². The van der Waals surface area contributed by atoms with Crippen molar-refractivity contribution < 1.29 is 19.1 Å². The van der Waals surface area contributed by atoms with E-state index in [-0.39, 0.29) is 17.9 Å². The molecule has 32 heavy (non-hydrogen) atoms. The molecule has 0 aliphatic heterocycles. The minimum atomic E-state index is -0.342. The first-order valence-corrected chi connectivity index (χ1v) is 10.8. The van der Waals surface area contributed by atoms with E-state index < -0.39 is 0 Å². The topological polar surface area (TPSA) is 52.6 Å². The van der Waals surface area contributed by atoms with Crippen LogP contribution in [0.1, 0.15) is 58.7 Å². The first-order valence-electron chi connectivity index (χ1n) is 10.4. The van der Waals surface area contributed by atoms with Crippen LogP contribution in [0.15, 0.2) is 48.5 Å². The number of halogens is 1. The minimum Gasteiger partial charge on any atom is -0.426 e. The summed E-state index contributed by atoms with van der Waals surface area (Å²) in [5.41, 5.74) is 6.76. The van der Waals surface area contributed by atoms with Gasteiger partial charge in [0.15, 0.2) is 0 Å². The Morgan fingerprint density at radius 2 is 1.00 bits per heavy atom. The third kappa shape index (κ3) is 5.20. The summed E-state index contributed by atoms with van der Waals surface area (Å²) < 4.78 is 10.8. The molecule has 0 aliphatic rings. The summed E-state index contributed by atoms with van der Waals surface area (Å²) in [5, 5.41) is 0.669. The van der Waals surface area contributed by atoms with E-state index in [9.17, 15) is 9.59 Å². The van der Waals surface area contributed by atoms with Gasteiger partial charge in [-0.05, 0) is 78.8 Å². The fraction of sp³-hybridized carbons (Fsp3) is 0.259. The molecule has 0 saturated heterocycles. The normalized spacial score (nSPS) is 10.9.